The Morgan fingerprint density at radius 1 is 0.0200 bits per heavy atom. The van der Waals surface area contributed by atoms with E-state index >= 15 is 0 Å². The molecule has 0 aliphatic carbocycles. The normalized spacial score (nSPS) is 0. The van der Waals surface area contributed by atoms with Gasteiger partial charge in [-0.05, 0) is 0 Å². The second-order valence-electron chi connectivity index (χ2n) is 0. The molecule has 0 spiro atoms. The average molecular weight is 12200 g/mol. The Morgan fingerprint density at radius 3 is 0.0200 bits per heavy atom. The summed E-state index contributed by atoms with van der Waals surface area (Å²) >= 11 is 0. The fourth-order valence-corrected chi connectivity index (χ4v) is 0. The molecule has 0 rings (SSSR count). The van der Waals surface area contributed by atoms with E-state index in [1.807, 2.05) is 0 Å². The van der Waals surface area contributed by atoms with E-state index in [9.17, 15) is 0 Å². The molecule has 0 saturated heterocycles. The largest absolute Gasteiger partial charge is 2.00 e. The quantitative estimate of drug-likeness (QED) is 0.220. The van der Waals surface area contributed by atoms with Crippen LogP contribution in [-0.4, -0.2) is 0 Å². The van der Waals surface area contributed by atoms with Crippen molar-refractivity contribution in [2.75, 3.05) is 0 Å². The van der Waals surface area contributed by atoms with Crippen LogP contribution in [0.3, 0.4) is 0 Å². The van der Waals surface area contributed by atoms with Crippen molar-refractivity contribution in [2.45, 2.75) is 0 Å². The molecule has 100 heteroatoms. The van der Waals surface area contributed by atoms with Gasteiger partial charge >= 0.3 is 0 Å². The van der Waals surface area contributed by atoms with E-state index in [0.29, 0.717) is 0 Å². The standard InChI is InChI=1S/60Ir.40O/q;;;;;;;;;;;;;;;;;;;;;;;;;;;;;;;;;;;;;;;;;;;;;;;;;;;;;;;;;;;;40*-2. The van der Waals surface area contributed by atoms with E-state index in [-0.39, 0.29) is 1430 Å². The van der Waals surface area contributed by atoms with Crippen molar-refractivity contribution in [3.63, 3.8) is 0 Å². The fourth-order valence-electron chi connectivity index (χ4n) is 0. The molecule has 860 valence electrons. The van der Waals surface area contributed by atoms with Crippen LogP contribution >= 0.6 is 0 Å². The maximum absolute atomic E-state index is 0. The second kappa shape index (κ2) is 1790. The van der Waals surface area contributed by atoms with E-state index in [0.717, 1.165) is 0 Å². The summed E-state index contributed by atoms with van der Waals surface area (Å²) in [5.41, 5.74) is 0. The molecule has 0 aliphatic heterocycles. The Kier molecular flexibility index (Phi) is 32800. The first-order valence-corrected chi connectivity index (χ1v) is 0. The molecule has 0 saturated carbocycles. The molecule has 0 aromatic carbocycles. The molecule has 0 amide bonds. The summed E-state index contributed by atoms with van der Waals surface area (Å²) in [7, 11) is 0. The van der Waals surface area contributed by atoms with Gasteiger partial charge in [0.2, 0.25) is 0 Å². The van der Waals surface area contributed by atoms with Crippen LogP contribution in [0.5, 0.6) is 0 Å². The van der Waals surface area contributed by atoms with Gasteiger partial charge in [0.05, 0.1) is 0 Å². The van der Waals surface area contributed by atoms with Crippen LogP contribution < -0.4 is 0 Å². The summed E-state index contributed by atoms with van der Waals surface area (Å²) in [6, 6.07) is 0. The van der Waals surface area contributed by atoms with Crippen molar-refractivity contribution in [1.29, 1.82) is 0 Å². The Labute approximate surface area is 1390 Å². The van der Waals surface area contributed by atoms with Gasteiger partial charge in [-0.2, -0.15) is 0 Å². The molecule has 0 unspecified atom stereocenters. The van der Waals surface area contributed by atoms with Crippen LogP contribution in [0, 0.1) is 0 Å². The zero-order valence-electron chi connectivity index (χ0n) is 36.3. The SMILES string of the molecule is [Ir].[Ir].[Ir].[Ir].[Ir].[Ir].[Ir].[Ir].[Ir].[Ir].[Ir].[Ir].[Ir].[Ir].[Ir].[Ir].[Ir].[Ir].[Ir].[Ir].[Ir].[Ir].[Ir].[Ir].[Ir].[Ir].[Ir].[Ir].[Ir].[Ir].[Ir].[Ir].[Ir].[Ir].[Ir].[Ir].[Ir].[Ir].[Ir].[Ir].[Ir].[Ir].[Ir].[Ir].[Ir].[Ir].[Ir].[Ir].[Ir].[Ir].[Ir].[Ir].[Ir].[Ir].[Ir].[Ir].[Ir].[Ir].[Ir].[Ir].[O-2].[O-2].[O-2].[O-2].[O-2].[O-2].[O-2].[O-2].[O-2].[O-2].[O-2].[O-2].[O-2].[O-2].[O-2].[O-2].[O-2].[O-2].[O-2].[O-2].[O-2].[O-2].[O-2].[O-2].[O-2].[O-2].[O-2].[O-2].[O-2].[O-2].[O-2].[O-2].[O-2].[O-2].[O-2].[O-2].[O-2].[O-2].[O-2].[O-2]. The molecular weight excluding hydrogens is 12200 g/mol. The summed E-state index contributed by atoms with van der Waals surface area (Å²) in [5, 5.41) is 0. The predicted molar refractivity (Wildman–Crippen MR) is 27.5 cm³/mol. The molecule has 100 heavy (non-hydrogen) atoms. The van der Waals surface area contributed by atoms with Crippen molar-refractivity contribution in [3.05, 3.63) is 0 Å². The molecule has 40 nitrogen and oxygen atoms in total. The molecule has 0 heterocycles. The van der Waals surface area contributed by atoms with Crippen molar-refractivity contribution in [2.24, 2.45) is 0 Å². The van der Waals surface area contributed by atoms with Gasteiger partial charge in [-0.15, -0.1) is 0 Å². The predicted octanol–water partition coefficient (Wildman–Crippen LogP) is -4.90. The third-order valence-corrected chi connectivity index (χ3v) is 0. The molecule has 0 aromatic heterocycles. The van der Waals surface area contributed by atoms with E-state index < -0.39 is 0 Å². The van der Waals surface area contributed by atoms with Gasteiger partial charge in [-0.3, -0.25) is 0 Å². The van der Waals surface area contributed by atoms with Gasteiger partial charge in [0.1, 0.15) is 0 Å². The Hall–Kier alpha value is 37.4. The second-order valence-corrected chi connectivity index (χ2v) is 0. The molecule has 0 bridgehead atoms. The molecule has 60 radical (unpaired) electrons. The minimum Gasteiger partial charge on any atom is -2.00 e. The van der Waals surface area contributed by atoms with Gasteiger partial charge in [0, 0.05) is 1210 Å². The summed E-state index contributed by atoms with van der Waals surface area (Å²) in [5.74, 6) is 0. The zero-order chi connectivity index (χ0) is 0. The van der Waals surface area contributed by atoms with Crippen LogP contribution in [-0.2, 0) is 1430 Å². The van der Waals surface area contributed by atoms with Gasteiger partial charge in [0.15, 0.2) is 0 Å². The average Bonchev–Trinajstić information content (AvgIpc) is 0. The Balaban J connectivity index is 0. The fraction of sp³-hybridized carbons (Fsp3) is 0. The van der Waals surface area contributed by atoms with Crippen molar-refractivity contribution in [1.82, 2.24) is 0 Å². The third-order valence-electron chi connectivity index (χ3n) is 0. The van der Waals surface area contributed by atoms with Gasteiger partial charge in [0.25, 0.3) is 0 Å². The van der Waals surface area contributed by atoms with Crippen molar-refractivity contribution in [3.8, 4) is 0 Å². The van der Waals surface area contributed by atoms with E-state index in [1.54, 1.807) is 0 Å². The van der Waals surface area contributed by atoms with Crippen LogP contribution in [0.15, 0.2) is 0 Å². The van der Waals surface area contributed by atoms with Gasteiger partial charge in [-0.1, -0.05) is 0 Å². The summed E-state index contributed by atoms with van der Waals surface area (Å²) in [4.78, 5) is 0. The molecule has 0 atom stereocenters. The van der Waals surface area contributed by atoms with E-state index in [1.165, 1.54) is 0 Å². The monoisotopic (exact) mass is 12200 g/mol. The van der Waals surface area contributed by atoms with E-state index in [2.05, 4.69) is 0 Å². The van der Waals surface area contributed by atoms with E-state index in [4.69, 9.17) is 0 Å². The number of hydrogen-bond acceptors (Lipinski definition) is 0. The van der Waals surface area contributed by atoms with Crippen molar-refractivity contribution >= 4 is 0 Å². The third kappa shape index (κ3) is 1750. The Bertz CT molecular complexity index is 97.1. The number of rotatable bonds is 0. The van der Waals surface area contributed by atoms with Gasteiger partial charge < -0.3 is 219 Å². The zero-order valence-corrected chi connectivity index (χ0v) is 180. The summed E-state index contributed by atoms with van der Waals surface area (Å²) in [6.07, 6.45) is 0. The molecular formula is Ir60O40-80. The summed E-state index contributed by atoms with van der Waals surface area (Å²) < 4.78 is 0. The van der Waals surface area contributed by atoms with Crippen LogP contribution in [0.2, 0.25) is 0 Å². The van der Waals surface area contributed by atoms with Crippen LogP contribution in [0.25, 0.3) is 0 Å². The first kappa shape index (κ1) is 1830. The first-order chi connectivity index (χ1) is 0. The summed E-state index contributed by atoms with van der Waals surface area (Å²) in [6.45, 7) is 0. The minimum atomic E-state index is 0. The first-order valence-electron chi connectivity index (χ1n) is 0. The molecule has 0 fully saturated rings. The van der Waals surface area contributed by atoms with Crippen LogP contribution in [0.4, 0.5) is 0 Å². The molecule has 0 aromatic rings. The topological polar surface area (TPSA) is 1140 Å². The molecule has 0 N–H and O–H groups in total. The smallest absolute Gasteiger partial charge is 0 e. The van der Waals surface area contributed by atoms with Crippen molar-refractivity contribution < 1.29 is 1430 Å². The maximum atomic E-state index is 0. The maximum Gasteiger partial charge on any atom is 0 e. The molecule has 0 aliphatic rings. The number of hydrogen-bond donors (Lipinski definition) is 0. The van der Waals surface area contributed by atoms with Gasteiger partial charge in [-0.25, -0.2) is 0 Å². The minimum absolute atomic E-state index is 0. The van der Waals surface area contributed by atoms with Crippen LogP contribution in [0.1, 0.15) is 0 Å². The Morgan fingerprint density at radius 2 is 0.0200 bits per heavy atom.